The number of thioether (sulfide) groups is 1. The average molecular weight is 296 g/mol. The van der Waals surface area contributed by atoms with Gasteiger partial charge >= 0.3 is 5.97 Å². The van der Waals surface area contributed by atoms with Crippen molar-refractivity contribution in [1.29, 1.82) is 0 Å². The smallest absolute Gasteiger partial charge is 0.313 e. The van der Waals surface area contributed by atoms with E-state index in [0.717, 1.165) is 16.6 Å². The third kappa shape index (κ3) is 3.45. The third-order valence-electron chi connectivity index (χ3n) is 2.50. The van der Waals surface area contributed by atoms with E-state index in [9.17, 15) is 9.59 Å². The zero-order valence-electron chi connectivity index (χ0n) is 10.1. The fourth-order valence-corrected chi connectivity index (χ4v) is 3.15. The predicted octanol–water partition coefficient (Wildman–Crippen LogP) is 2.09. The van der Waals surface area contributed by atoms with E-state index in [1.807, 2.05) is 29.0 Å². The van der Waals surface area contributed by atoms with Crippen LogP contribution in [0.3, 0.4) is 0 Å². The molecule has 0 amide bonds. The third-order valence-corrected chi connectivity index (χ3v) is 4.50. The molecule has 100 valence electrons. The van der Waals surface area contributed by atoms with E-state index in [2.05, 4.69) is 4.98 Å². The molecule has 2 aromatic rings. The highest BCUT2D eigenvalue weighted by Crippen LogP contribution is 2.26. The molecule has 0 fully saturated rings. The largest absolute Gasteiger partial charge is 0.481 e. The van der Waals surface area contributed by atoms with E-state index < -0.39 is 5.97 Å². The molecular weight excluding hydrogens is 284 g/mol. The van der Waals surface area contributed by atoms with Crippen molar-refractivity contribution >= 4 is 29.1 Å². The Kier molecular flexibility index (Phi) is 4.39. The minimum Gasteiger partial charge on any atom is -0.481 e. The van der Waals surface area contributed by atoms with E-state index in [1.165, 1.54) is 6.07 Å². The molecule has 19 heavy (non-hydrogen) atoms. The van der Waals surface area contributed by atoms with Gasteiger partial charge in [-0.3, -0.25) is 9.59 Å². The number of hydrogen-bond acceptors (Lipinski definition) is 5. The van der Waals surface area contributed by atoms with Crippen molar-refractivity contribution < 1.29 is 9.90 Å². The molecule has 0 aliphatic rings. The van der Waals surface area contributed by atoms with Crippen molar-refractivity contribution in [3.8, 4) is 0 Å². The van der Waals surface area contributed by atoms with Gasteiger partial charge in [-0.2, -0.15) is 4.98 Å². The van der Waals surface area contributed by atoms with Gasteiger partial charge < -0.3 is 9.67 Å². The van der Waals surface area contributed by atoms with E-state index in [0.29, 0.717) is 5.16 Å². The lowest BCUT2D eigenvalue weighted by atomic mass is 10.3. The highest BCUT2D eigenvalue weighted by molar-refractivity contribution is 7.99. The Balaban J connectivity index is 2.33. The summed E-state index contributed by atoms with van der Waals surface area (Å²) in [4.78, 5) is 27.0. The number of carbonyl (C=O) groups is 1. The predicted molar refractivity (Wildman–Crippen MR) is 75.0 cm³/mol. The summed E-state index contributed by atoms with van der Waals surface area (Å²) < 4.78 is 1.82. The van der Waals surface area contributed by atoms with Gasteiger partial charge in [0, 0.05) is 17.1 Å². The highest BCUT2D eigenvalue weighted by Gasteiger charge is 2.14. The number of thiophene rings is 1. The minimum absolute atomic E-state index is 0.0180. The van der Waals surface area contributed by atoms with Crippen molar-refractivity contribution in [2.24, 2.45) is 0 Å². The molecule has 2 aromatic heterocycles. The fourth-order valence-electron chi connectivity index (χ4n) is 1.59. The molecule has 0 bridgehead atoms. The van der Waals surface area contributed by atoms with Gasteiger partial charge in [-0.05, 0) is 18.4 Å². The van der Waals surface area contributed by atoms with E-state index in [4.69, 9.17) is 5.11 Å². The van der Waals surface area contributed by atoms with Crippen molar-refractivity contribution in [1.82, 2.24) is 9.55 Å². The summed E-state index contributed by atoms with van der Waals surface area (Å²) in [6.07, 6.45) is 1.66. The molecule has 1 unspecified atom stereocenters. The van der Waals surface area contributed by atoms with Gasteiger partial charge in [0.15, 0.2) is 5.16 Å². The first-order chi connectivity index (χ1) is 9.08. The van der Waals surface area contributed by atoms with Gasteiger partial charge in [0.2, 0.25) is 0 Å². The topological polar surface area (TPSA) is 72.2 Å². The molecule has 0 radical (unpaired) electrons. The average Bonchev–Trinajstić information content (AvgIpc) is 2.89. The molecule has 1 atom stereocenters. The quantitative estimate of drug-likeness (QED) is 0.675. The van der Waals surface area contributed by atoms with Gasteiger partial charge in [0.1, 0.15) is 0 Å². The maximum atomic E-state index is 11.3. The summed E-state index contributed by atoms with van der Waals surface area (Å²) in [5, 5.41) is 11.1. The highest BCUT2D eigenvalue weighted by atomic mass is 32.2. The van der Waals surface area contributed by atoms with Crippen molar-refractivity contribution in [2.45, 2.75) is 18.1 Å². The lowest BCUT2D eigenvalue weighted by Crippen LogP contribution is -2.17. The molecule has 7 heteroatoms. The van der Waals surface area contributed by atoms with E-state index in [1.54, 1.807) is 17.5 Å². The van der Waals surface area contributed by atoms with Crippen LogP contribution in [-0.4, -0.2) is 26.4 Å². The molecule has 2 rings (SSSR count). The Morgan fingerprint density at radius 1 is 1.58 bits per heavy atom. The Hall–Kier alpha value is -1.60. The van der Waals surface area contributed by atoms with Gasteiger partial charge in [0.25, 0.3) is 5.56 Å². The van der Waals surface area contributed by atoms with Crippen molar-refractivity contribution in [2.75, 3.05) is 5.75 Å². The minimum atomic E-state index is -0.932. The molecule has 0 saturated heterocycles. The van der Waals surface area contributed by atoms with Gasteiger partial charge in [0.05, 0.1) is 11.8 Å². The molecule has 0 saturated carbocycles. The molecule has 1 N–H and O–H groups in total. The lowest BCUT2D eigenvalue weighted by molar-refractivity contribution is -0.133. The number of nitrogens with zero attached hydrogens (tertiary/aromatic N) is 2. The summed E-state index contributed by atoms with van der Waals surface area (Å²) in [6.45, 7) is 1.99. The molecule has 0 aromatic carbocycles. The van der Waals surface area contributed by atoms with Crippen LogP contribution in [0.1, 0.15) is 17.8 Å². The van der Waals surface area contributed by atoms with Crippen LogP contribution in [-0.2, 0) is 4.79 Å². The fraction of sp³-hybridized carbons (Fsp3) is 0.250. The Morgan fingerprint density at radius 3 is 3.00 bits per heavy atom. The normalized spacial score (nSPS) is 12.3. The second-order valence-electron chi connectivity index (χ2n) is 3.83. The molecule has 2 heterocycles. The standard InChI is InChI=1S/C12H12N2O3S2/c1-8(9-3-2-6-18-9)14-5-4-10(15)13-12(14)19-7-11(16)17/h2-6,8H,7H2,1H3,(H,16,17). The SMILES string of the molecule is CC(c1cccs1)n1ccc(=O)nc1SCC(=O)O. The van der Waals surface area contributed by atoms with Crippen LogP contribution in [0.15, 0.2) is 39.7 Å². The summed E-state index contributed by atoms with van der Waals surface area (Å²) >= 11 is 2.66. The molecule has 0 aliphatic carbocycles. The Bertz CT molecular complexity index is 622. The number of carboxylic acid groups (broad SMARTS) is 1. The van der Waals surface area contributed by atoms with Crippen molar-refractivity contribution in [3.63, 3.8) is 0 Å². The zero-order chi connectivity index (χ0) is 13.8. The Labute approximate surface area is 117 Å². The monoisotopic (exact) mass is 296 g/mol. The van der Waals surface area contributed by atoms with E-state index in [-0.39, 0.29) is 17.4 Å². The molecule has 5 nitrogen and oxygen atoms in total. The number of aromatic nitrogens is 2. The number of hydrogen-bond donors (Lipinski definition) is 1. The van der Waals surface area contributed by atoms with Crippen LogP contribution >= 0.6 is 23.1 Å². The summed E-state index contributed by atoms with van der Waals surface area (Å²) in [6, 6.07) is 5.36. The second kappa shape index (κ2) is 6.03. The number of carboxylic acids is 1. The van der Waals surface area contributed by atoms with E-state index >= 15 is 0 Å². The first-order valence-corrected chi connectivity index (χ1v) is 7.41. The second-order valence-corrected chi connectivity index (χ2v) is 5.75. The molecular formula is C12H12N2O3S2. The first kappa shape index (κ1) is 13.8. The maximum Gasteiger partial charge on any atom is 0.313 e. The summed E-state index contributed by atoms with van der Waals surface area (Å²) in [5.41, 5.74) is -0.359. The number of aliphatic carboxylic acids is 1. The van der Waals surface area contributed by atoms with Crippen LogP contribution in [0.2, 0.25) is 0 Å². The van der Waals surface area contributed by atoms with Crippen LogP contribution in [0.5, 0.6) is 0 Å². The zero-order valence-corrected chi connectivity index (χ0v) is 11.8. The van der Waals surface area contributed by atoms with Crippen LogP contribution in [0.25, 0.3) is 0 Å². The van der Waals surface area contributed by atoms with Gasteiger partial charge in [-0.1, -0.05) is 17.8 Å². The molecule has 0 spiro atoms. The van der Waals surface area contributed by atoms with Crippen molar-refractivity contribution in [3.05, 3.63) is 45.0 Å². The van der Waals surface area contributed by atoms with Gasteiger partial charge in [-0.15, -0.1) is 11.3 Å². The summed E-state index contributed by atoms with van der Waals surface area (Å²) in [5.74, 6) is -1.05. The summed E-state index contributed by atoms with van der Waals surface area (Å²) in [7, 11) is 0. The van der Waals surface area contributed by atoms with Gasteiger partial charge in [-0.25, -0.2) is 0 Å². The number of rotatable bonds is 5. The molecule has 0 aliphatic heterocycles. The van der Waals surface area contributed by atoms with Crippen LogP contribution in [0, 0.1) is 0 Å². The first-order valence-electron chi connectivity index (χ1n) is 5.55. The Morgan fingerprint density at radius 2 is 2.37 bits per heavy atom. The van der Waals surface area contributed by atoms with Crippen LogP contribution in [0.4, 0.5) is 0 Å². The lowest BCUT2D eigenvalue weighted by Gasteiger charge is -2.17. The maximum absolute atomic E-state index is 11.3. The van der Waals surface area contributed by atoms with Crippen LogP contribution < -0.4 is 5.56 Å².